The van der Waals surface area contributed by atoms with Gasteiger partial charge in [0.2, 0.25) is 0 Å². The van der Waals surface area contributed by atoms with Crippen LogP contribution >= 0.6 is 0 Å². The maximum absolute atomic E-state index is 13.0. The lowest BCUT2D eigenvalue weighted by Crippen LogP contribution is -2.51. The smallest absolute Gasteiger partial charge is 0.340 e. The van der Waals surface area contributed by atoms with Crippen LogP contribution in [0.2, 0.25) is 0 Å². The molecule has 0 radical (unpaired) electrons. The molecule has 3 heterocycles. The zero-order valence-corrected chi connectivity index (χ0v) is 15.1. The number of rotatable bonds is 2. The van der Waals surface area contributed by atoms with Gasteiger partial charge in [0.1, 0.15) is 11.4 Å². The first kappa shape index (κ1) is 18.3. The van der Waals surface area contributed by atoms with Crippen LogP contribution in [-0.2, 0) is 15.7 Å². The number of alkyl halides is 3. The van der Waals surface area contributed by atoms with Gasteiger partial charge in [-0.3, -0.25) is 14.3 Å². The molecule has 10 heteroatoms. The minimum atomic E-state index is -4.59. The van der Waals surface area contributed by atoms with Crippen molar-refractivity contribution < 1.29 is 27.5 Å². The molecule has 3 fully saturated rings. The van der Waals surface area contributed by atoms with Gasteiger partial charge in [0.15, 0.2) is 11.3 Å². The molecule has 0 bridgehead atoms. The van der Waals surface area contributed by atoms with Gasteiger partial charge in [-0.1, -0.05) is 0 Å². The van der Waals surface area contributed by atoms with Crippen LogP contribution in [0.1, 0.15) is 61.8 Å². The SMILES string of the molecule is CC1(C)NC(=O)C2(CCN(C(=O)c3cc(C(F)(F)F)nn3C3CC3)CC2)O1. The zero-order chi connectivity index (χ0) is 19.6. The van der Waals surface area contributed by atoms with E-state index in [0.29, 0.717) is 25.7 Å². The molecule has 0 aromatic carbocycles. The van der Waals surface area contributed by atoms with Crippen molar-refractivity contribution >= 4 is 11.8 Å². The fourth-order valence-electron chi connectivity index (χ4n) is 3.80. The van der Waals surface area contributed by atoms with E-state index in [0.717, 1.165) is 6.07 Å². The molecule has 4 rings (SSSR count). The predicted octanol–water partition coefficient (Wildman–Crippen LogP) is 2.09. The first-order valence-electron chi connectivity index (χ1n) is 9.00. The van der Waals surface area contributed by atoms with Crippen molar-refractivity contribution in [2.45, 2.75) is 63.1 Å². The van der Waals surface area contributed by atoms with Gasteiger partial charge in [-0.15, -0.1) is 0 Å². The van der Waals surface area contributed by atoms with Crippen molar-refractivity contribution in [3.63, 3.8) is 0 Å². The summed E-state index contributed by atoms with van der Waals surface area (Å²) in [6.07, 6.45) is -2.56. The van der Waals surface area contributed by atoms with Gasteiger partial charge < -0.3 is 15.0 Å². The Morgan fingerprint density at radius 2 is 1.93 bits per heavy atom. The summed E-state index contributed by atoms with van der Waals surface area (Å²) < 4.78 is 46.2. The summed E-state index contributed by atoms with van der Waals surface area (Å²) in [5, 5.41) is 6.39. The summed E-state index contributed by atoms with van der Waals surface area (Å²) in [6.45, 7) is 3.98. The number of nitrogens with one attached hydrogen (secondary N) is 1. The van der Waals surface area contributed by atoms with Gasteiger partial charge in [-0.2, -0.15) is 18.3 Å². The fraction of sp³-hybridized carbons (Fsp3) is 0.706. The molecule has 2 amide bonds. The highest BCUT2D eigenvalue weighted by molar-refractivity contribution is 5.93. The van der Waals surface area contributed by atoms with Crippen molar-refractivity contribution in [2.24, 2.45) is 0 Å². The van der Waals surface area contributed by atoms with E-state index in [9.17, 15) is 22.8 Å². The Morgan fingerprint density at radius 3 is 2.41 bits per heavy atom. The molecule has 7 nitrogen and oxygen atoms in total. The standard InChI is InChI=1S/C17H21F3N4O3/c1-15(2)21-14(26)16(27-15)5-7-23(8-6-16)13(25)11-9-12(17(18,19)20)22-24(11)10-3-4-10/h9-10H,3-8H2,1-2H3,(H,21,26). The van der Waals surface area contributed by atoms with E-state index in [2.05, 4.69) is 10.4 Å². The number of hydrogen-bond donors (Lipinski definition) is 1. The van der Waals surface area contributed by atoms with E-state index in [1.165, 1.54) is 9.58 Å². The average Bonchev–Trinajstić information content (AvgIpc) is 3.25. The first-order chi connectivity index (χ1) is 12.5. The molecule has 0 atom stereocenters. The minimum absolute atomic E-state index is 0.0436. The monoisotopic (exact) mass is 386 g/mol. The van der Waals surface area contributed by atoms with Crippen LogP contribution in [0, 0.1) is 0 Å². The maximum atomic E-state index is 13.0. The van der Waals surface area contributed by atoms with E-state index < -0.39 is 29.1 Å². The van der Waals surface area contributed by atoms with Crippen LogP contribution in [0.5, 0.6) is 0 Å². The normalized spacial score (nSPS) is 24.3. The number of carbonyl (C=O) groups is 2. The lowest BCUT2D eigenvalue weighted by atomic mass is 9.90. The second kappa shape index (κ2) is 5.70. The molecule has 1 aromatic rings. The molecule has 148 valence electrons. The van der Waals surface area contributed by atoms with E-state index in [1.807, 2.05) is 0 Å². The number of halogens is 3. The van der Waals surface area contributed by atoms with Crippen LogP contribution in [0.15, 0.2) is 6.07 Å². The van der Waals surface area contributed by atoms with Crippen molar-refractivity contribution in [3.05, 3.63) is 17.5 Å². The third-order valence-electron chi connectivity index (χ3n) is 5.28. The Kier molecular flexibility index (Phi) is 3.86. The third kappa shape index (κ3) is 3.19. The molecule has 1 aromatic heterocycles. The van der Waals surface area contributed by atoms with Crippen LogP contribution in [0.3, 0.4) is 0 Å². The lowest BCUT2D eigenvalue weighted by Gasteiger charge is -2.37. The van der Waals surface area contributed by atoms with Gasteiger partial charge in [0, 0.05) is 32.0 Å². The molecule has 3 aliphatic rings. The van der Waals surface area contributed by atoms with Crippen molar-refractivity contribution in [3.8, 4) is 0 Å². The lowest BCUT2D eigenvalue weighted by molar-refractivity contribution is -0.145. The van der Waals surface area contributed by atoms with Crippen LogP contribution in [0.25, 0.3) is 0 Å². The summed E-state index contributed by atoms with van der Waals surface area (Å²) in [6, 6.07) is 0.674. The largest absolute Gasteiger partial charge is 0.435 e. The predicted molar refractivity (Wildman–Crippen MR) is 86.7 cm³/mol. The third-order valence-corrected chi connectivity index (χ3v) is 5.28. The molecule has 1 saturated carbocycles. The zero-order valence-electron chi connectivity index (χ0n) is 15.1. The number of hydrogen-bond acceptors (Lipinski definition) is 4. The topological polar surface area (TPSA) is 76.5 Å². The first-order valence-corrected chi connectivity index (χ1v) is 9.00. The Bertz CT molecular complexity index is 790. The quantitative estimate of drug-likeness (QED) is 0.845. The van der Waals surface area contributed by atoms with Gasteiger partial charge in [0.25, 0.3) is 11.8 Å². The molecule has 0 unspecified atom stereocenters. The van der Waals surface area contributed by atoms with Crippen molar-refractivity contribution in [2.75, 3.05) is 13.1 Å². The van der Waals surface area contributed by atoms with E-state index >= 15 is 0 Å². The number of nitrogens with zero attached hydrogens (tertiary/aromatic N) is 3. The Balaban J connectivity index is 1.52. The van der Waals surface area contributed by atoms with E-state index in [1.54, 1.807) is 13.8 Å². The van der Waals surface area contributed by atoms with E-state index in [-0.39, 0.29) is 30.7 Å². The van der Waals surface area contributed by atoms with Crippen LogP contribution in [0.4, 0.5) is 13.2 Å². The average molecular weight is 386 g/mol. The Hall–Kier alpha value is -2.10. The number of likely N-dealkylation sites (tertiary alicyclic amines) is 1. The molecule has 1 N–H and O–H groups in total. The highest BCUT2D eigenvalue weighted by Gasteiger charge is 2.53. The fourth-order valence-corrected chi connectivity index (χ4v) is 3.80. The van der Waals surface area contributed by atoms with Crippen LogP contribution < -0.4 is 5.32 Å². The van der Waals surface area contributed by atoms with Gasteiger partial charge in [0.05, 0.1) is 6.04 Å². The number of amides is 2. The van der Waals surface area contributed by atoms with Crippen LogP contribution in [-0.4, -0.2) is 50.9 Å². The summed E-state index contributed by atoms with van der Waals surface area (Å²) in [4.78, 5) is 26.6. The number of piperidine rings is 1. The molecular formula is C17H21F3N4O3. The summed E-state index contributed by atoms with van der Waals surface area (Å²) in [5.74, 6) is -0.695. The van der Waals surface area contributed by atoms with Crippen molar-refractivity contribution in [1.29, 1.82) is 0 Å². The van der Waals surface area contributed by atoms with Gasteiger partial charge >= 0.3 is 6.18 Å². The summed E-state index contributed by atoms with van der Waals surface area (Å²) in [5.41, 5.74) is -2.84. The molecule has 2 saturated heterocycles. The molecule has 27 heavy (non-hydrogen) atoms. The van der Waals surface area contributed by atoms with Gasteiger partial charge in [-0.25, -0.2) is 0 Å². The Labute approximate surface area is 153 Å². The maximum Gasteiger partial charge on any atom is 0.435 e. The highest BCUT2D eigenvalue weighted by Crippen LogP contribution is 2.39. The number of aromatic nitrogens is 2. The summed E-state index contributed by atoms with van der Waals surface area (Å²) in [7, 11) is 0. The van der Waals surface area contributed by atoms with E-state index in [4.69, 9.17) is 4.74 Å². The molecule has 1 spiro atoms. The van der Waals surface area contributed by atoms with Crippen molar-refractivity contribution in [1.82, 2.24) is 20.0 Å². The molecule has 1 aliphatic carbocycles. The van der Waals surface area contributed by atoms with Gasteiger partial charge in [-0.05, 0) is 26.7 Å². The Morgan fingerprint density at radius 1 is 1.30 bits per heavy atom. The number of ether oxygens (including phenoxy) is 1. The second-order valence-electron chi connectivity index (χ2n) is 7.94. The molecule has 2 aliphatic heterocycles. The second-order valence-corrected chi connectivity index (χ2v) is 7.94. The molecular weight excluding hydrogens is 365 g/mol. The number of carbonyl (C=O) groups excluding carboxylic acids is 2. The summed E-state index contributed by atoms with van der Waals surface area (Å²) >= 11 is 0. The minimum Gasteiger partial charge on any atom is -0.340 e. The highest BCUT2D eigenvalue weighted by atomic mass is 19.4.